The molecular formula is C26H41BrClNO5Si. The standard InChI is InChI=1S/C26H41BrClNO5Si/c1-10-33-20-15-17(27)14-18(22(20)28)23(30)19(24(31)34-11-2)16-29-21(25(3,4)5)12-13-26(6,7)35(8,9)32/h14-16,21,30,32H,10-13H2,1-9H3. The molecule has 0 saturated heterocycles. The van der Waals surface area contributed by atoms with E-state index in [-0.39, 0.29) is 45.0 Å². The molecule has 1 atom stereocenters. The summed E-state index contributed by atoms with van der Waals surface area (Å²) in [6, 6.07) is 3.15. The zero-order valence-corrected chi connectivity index (χ0v) is 25.8. The van der Waals surface area contributed by atoms with Gasteiger partial charge in [-0.25, -0.2) is 4.79 Å². The van der Waals surface area contributed by atoms with Gasteiger partial charge >= 0.3 is 5.97 Å². The second kappa shape index (κ2) is 12.7. The summed E-state index contributed by atoms with van der Waals surface area (Å²) in [7, 11) is -2.38. The Balaban J connectivity index is 3.53. The second-order valence-electron chi connectivity index (χ2n) is 10.8. The maximum Gasteiger partial charge on any atom is 0.343 e. The van der Waals surface area contributed by atoms with E-state index in [1.807, 2.05) is 20.0 Å². The molecule has 0 aliphatic rings. The van der Waals surface area contributed by atoms with E-state index in [2.05, 4.69) is 50.5 Å². The van der Waals surface area contributed by atoms with Crippen LogP contribution in [0, 0.1) is 5.41 Å². The van der Waals surface area contributed by atoms with Crippen molar-refractivity contribution >= 4 is 53.8 Å². The third-order valence-corrected chi connectivity index (χ3v) is 10.8. The summed E-state index contributed by atoms with van der Waals surface area (Å²) < 4.78 is 11.4. The lowest BCUT2D eigenvalue weighted by Crippen LogP contribution is -2.40. The molecule has 0 aromatic heterocycles. The Morgan fingerprint density at radius 3 is 2.29 bits per heavy atom. The summed E-state index contributed by atoms with van der Waals surface area (Å²) in [6.45, 7) is 18.4. The molecule has 0 spiro atoms. The minimum absolute atomic E-state index is 0.0836. The number of benzene rings is 1. The average molecular weight is 591 g/mol. The molecule has 1 unspecified atom stereocenters. The minimum Gasteiger partial charge on any atom is -0.506 e. The highest BCUT2D eigenvalue weighted by Gasteiger charge is 2.39. The fourth-order valence-electron chi connectivity index (χ4n) is 3.26. The lowest BCUT2D eigenvalue weighted by Gasteiger charge is -2.37. The van der Waals surface area contributed by atoms with Crippen LogP contribution >= 0.6 is 27.5 Å². The highest BCUT2D eigenvalue weighted by Crippen LogP contribution is 2.42. The van der Waals surface area contributed by atoms with Gasteiger partial charge in [0.1, 0.15) is 17.1 Å². The summed E-state index contributed by atoms with van der Waals surface area (Å²) in [4.78, 5) is 28.3. The molecule has 0 fully saturated rings. The molecule has 0 heterocycles. The van der Waals surface area contributed by atoms with Crippen LogP contribution in [0.25, 0.3) is 5.76 Å². The molecular weight excluding hydrogens is 550 g/mol. The van der Waals surface area contributed by atoms with E-state index in [0.29, 0.717) is 23.2 Å². The molecule has 9 heteroatoms. The first-order chi connectivity index (χ1) is 16.0. The Kier molecular flexibility index (Phi) is 11.5. The van der Waals surface area contributed by atoms with Gasteiger partial charge in [-0.3, -0.25) is 4.99 Å². The smallest absolute Gasteiger partial charge is 0.343 e. The van der Waals surface area contributed by atoms with Crippen molar-refractivity contribution in [3.63, 3.8) is 0 Å². The fourth-order valence-corrected chi connectivity index (χ4v) is 4.71. The van der Waals surface area contributed by atoms with Crippen LogP contribution in [-0.4, -0.2) is 49.7 Å². The SMILES string of the molecule is CCOC(=O)C(C=NC(CCC(C)(C)[Si](C)(C)O)C(C)(C)C)=C(O)c1cc(Br)cc(OCC)c1Cl. The maximum atomic E-state index is 12.8. The molecule has 0 aliphatic carbocycles. The normalized spacial score (nSPS) is 14.6. The minimum atomic E-state index is -2.38. The second-order valence-corrected chi connectivity index (χ2v) is 16.6. The predicted octanol–water partition coefficient (Wildman–Crippen LogP) is 7.58. The molecule has 6 nitrogen and oxygen atoms in total. The van der Waals surface area contributed by atoms with E-state index in [1.54, 1.807) is 19.1 Å². The molecule has 1 aromatic carbocycles. The Morgan fingerprint density at radius 2 is 1.80 bits per heavy atom. The summed E-state index contributed by atoms with van der Waals surface area (Å²) in [6.07, 6.45) is 2.88. The number of aliphatic imine (C=N–C) groups is 1. The molecule has 198 valence electrons. The highest BCUT2D eigenvalue weighted by atomic mass is 79.9. The zero-order chi connectivity index (χ0) is 27.2. The largest absolute Gasteiger partial charge is 0.506 e. The number of halogens is 2. The van der Waals surface area contributed by atoms with Crippen molar-refractivity contribution in [3.05, 3.63) is 32.8 Å². The molecule has 0 aliphatic heterocycles. The van der Waals surface area contributed by atoms with Gasteiger partial charge in [-0.05, 0) is 62.4 Å². The molecule has 0 radical (unpaired) electrons. The summed E-state index contributed by atoms with van der Waals surface area (Å²) in [5.41, 5.74) is -0.0567. The molecule has 2 N–H and O–H groups in total. The first kappa shape index (κ1) is 31.7. The Morgan fingerprint density at radius 1 is 1.20 bits per heavy atom. The van der Waals surface area contributed by atoms with Crippen LogP contribution in [0.2, 0.25) is 23.2 Å². The number of esters is 1. The highest BCUT2D eigenvalue weighted by molar-refractivity contribution is 9.10. The van der Waals surface area contributed by atoms with Crippen LogP contribution in [0.3, 0.4) is 0 Å². The quantitative estimate of drug-likeness (QED) is 0.0912. The van der Waals surface area contributed by atoms with Crippen LogP contribution < -0.4 is 4.74 Å². The van der Waals surface area contributed by atoms with Crippen molar-refractivity contribution in [2.45, 2.75) is 85.5 Å². The molecule has 0 saturated carbocycles. The van der Waals surface area contributed by atoms with Gasteiger partial charge in [0.05, 0.1) is 24.3 Å². The fraction of sp³-hybridized carbons (Fsp3) is 0.615. The average Bonchev–Trinajstić information content (AvgIpc) is 2.71. The van der Waals surface area contributed by atoms with Gasteiger partial charge in [-0.2, -0.15) is 0 Å². The van der Waals surface area contributed by atoms with Crippen LogP contribution in [0.1, 0.15) is 66.9 Å². The molecule has 0 amide bonds. The number of rotatable bonds is 11. The van der Waals surface area contributed by atoms with Crippen molar-refractivity contribution in [2.24, 2.45) is 10.4 Å². The number of hydrogen-bond acceptors (Lipinski definition) is 6. The van der Waals surface area contributed by atoms with E-state index < -0.39 is 14.3 Å². The van der Waals surface area contributed by atoms with Gasteiger partial charge in [0.25, 0.3) is 0 Å². The van der Waals surface area contributed by atoms with Crippen molar-refractivity contribution < 1.29 is 24.2 Å². The molecule has 1 rings (SSSR count). The summed E-state index contributed by atoms with van der Waals surface area (Å²) in [5.74, 6) is -0.646. The number of ether oxygens (including phenoxy) is 2. The number of aliphatic hydroxyl groups excluding tert-OH is 1. The van der Waals surface area contributed by atoms with E-state index in [0.717, 1.165) is 6.42 Å². The van der Waals surface area contributed by atoms with E-state index in [4.69, 9.17) is 26.1 Å². The van der Waals surface area contributed by atoms with E-state index in [9.17, 15) is 14.7 Å². The third kappa shape index (κ3) is 8.92. The van der Waals surface area contributed by atoms with Gasteiger partial charge in [-0.15, -0.1) is 0 Å². The van der Waals surface area contributed by atoms with Crippen molar-refractivity contribution in [3.8, 4) is 5.75 Å². The van der Waals surface area contributed by atoms with Gasteiger partial charge in [-0.1, -0.05) is 62.1 Å². The molecule has 0 bridgehead atoms. The Hall–Kier alpha value is -1.35. The van der Waals surface area contributed by atoms with Gasteiger partial charge < -0.3 is 19.4 Å². The number of hydrogen-bond donors (Lipinski definition) is 2. The summed E-state index contributed by atoms with van der Waals surface area (Å²) in [5, 5.41) is 11.1. The number of carbonyl (C=O) groups is 1. The topological polar surface area (TPSA) is 88.4 Å². The van der Waals surface area contributed by atoms with Crippen molar-refractivity contribution in [2.75, 3.05) is 13.2 Å². The molecule has 1 aromatic rings. The molecule has 35 heavy (non-hydrogen) atoms. The lowest BCUT2D eigenvalue weighted by atomic mass is 9.83. The number of nitrogens with zero attached hydrogens (tertiary/aromatic N) is 1. The lowest BCUT2D eigenvalue weighted by molar-refractivity contribution is -0.137. The van der Waals surface area contributed by atoms with Crippen molar-refractivity contribution in [1.82, 2.24) is 0 Å². The Labute approximate surface area is 225 Å². The van der Waals surface area contributed by atoms with Crippen molar-refractivity contribution in [1.29, 1.82) is 0 Å². The van der Waals surface area contributed by atoms with Gasteiger partial charge in [0, 0.05) is 16.3 Å². The number of aliphatic hydroxyl groups is 1. The van der Waals surface area contributed by atoms with E-state index >= 15 is 0 Å². The third-order valence-electron chi connectivity index (χ3n) is 6.39. The summed E-state index contributed by atoms with van der Waals surface area (Å²) >= 11 is 9.91. The van der Waals surface area contributed by atoms with Crippen LogP contribution in [0.15, 0.2) is 27.2 Å². The Bertz CT molecular complexity index is 948. The van der Waals surface area contributed by atoms with Crippen LogP contribution in [0.5, 0.6) is 5.75 Å². The van der Waals surface area contributed by atoms with Crippen LogP contribution in [-0.2, 0) is 9.53 Å². The zero-order valence-electron chi connectivity index (χ0n) is 22.5. The van der Waals surface area contributed by atoms with Gasteiger partial charge in [0.15, 0.2) is 8.32 Å². The van der Waals surface area contributed by atoms with E-state index in [1.165, 1.54) is 6.21 Å². The first-order valence-corrected chi connectivity index (χ1v) is 16.1. The number of carbonyl (C=O) groups excluding carboxylic acids is 1. The first-order valence-electron chi connectivity index (χ1n) is 11.9. The van der Waals surface area contributed by atoms with Crippen LogP contribution in [0.4, 0.5) is 0 Å². The maximum absolute atomic E-state index is 12.8. The predicted molar refractivity (Wildman–Crippen MR) is 151 cm³/mol. The monoisotopic (exact) mass is 589 g/mol. The van der Waals surface area contributed by atoms with Gasteiger partial charge in [0.2, 0.25) is 0 Å².